The number of rotatable bonds is 8. The summed E-state index contributed by atoms with van der Waals surface area (Å²) in [6.07, 6.45) is 2.22. The van der Waals surface area contributed by atoms with E-state index in [1.807, 2.05) is 12.1 Å². The van der Waals surface area contributed by atoms with Crippen molar-refractivity contribution >= 4 is 11.6 Å². The van der Waals surface area contributed by atoms with E-state index in [2.05, 4.69) is 17.4 Å². The van der Waals surface area contributed by atoms with Gasteiger partial charge in [0.1, 0.15) is 0 Å². The number of methoxy groups -OCH3 is 1. The van der Waals surface area contributed by atoms with Gasteiger partial charge in [-0.1, -0.05) is 23.7 Å². The topological polar surface area (TPSA) is 30.5 Å². The molecule has 0 aliphatic carbocycles. The summed E-state index contributed by atoms with van der Waals surface area (Å²) in [5.74, 6) is 0. The first kappa shape index (κ1) is 14.8. The fraction of sp³-hybridized carbons (Fsp3) is 0.600. The highest BCUT2D eigenvalue weighted by Gasteiger charge is 2.37. The Kier molecular flexibility index (Phi) is 5.64. The number of nitrogens with one attached hydrogen (secondary N) is 1. The third kappa shape index (κ3) is 3.93. The molecule has 1 aromatic rings. The van der Waals surface area contributed by atoms with E-state index < -0.39 is 0 Å². The largest absolute Gasteiger partial charge is 0.382 e. The minimum absolute atomic E-state index is 0.273. The zero-order valence-electron chi connectivity index (χ0n) is 11.5. The van der Waals surface area contributed by atoms with Gasteiger partial charge in [-0.2, -0.15) is 0 Å². The summed E-state index contributed by atoms with van der Waals surface area (Å²) in [6, 6.07) is 8.25. The lowest BCUT2D eigenvalue weighted by Crippen LogP contribution is -2.56. The molecule has 1 saturated heterocycles. The summed E-state index contributed by atoms with van der Waals surface area (Å²) in [5.41, 5.74) is 1.66. The molecule has 1 aliphatic heterocycles. The Morgan fingerprint density at radius 2 is 1.89 bits per heavy atom. The minimum Gasteiger partial charge on any atom is -0.382 e. The molecular weight excluding hydrogens is 262 g/mol. The van der Waals surface area contributed by atoms with Crippen molar-refractivity contribution < 1.29 is 9.47 Å². The van der Waals surface area contributed by atoms with Crippen LogP contribution in [0.3, 0.4) is 0 Å². The predicted molar refractivity (Wildman–Crippen MR) is 77.9 cm³/mol. The van der Waals surface area contributed by atoms with E-state index in [-0.39, 0.29) is 5.41 Å². The quantitative estimate of drug-likeness (QED) is 0.744. The Balaban J connectivity index is 1.80. The molecular formula is C15H22ClNO2. The second-order valence-corrected chi connectivity index (χ2v) is 5.54. The van der Waals surface area contributed by atoms with Gasteiger partial charge in [0.15, 0.2) is 0 Å². The predicted octanol–water partition coefficient (Wildman–Crippen LogP) is 2.62. The lowest BCUT2D eigenvalue weighted by atomic mass is 9.72. The first-order chi connectivity index (χ1) is 9.27. The van der Waals surface area contributed by atoms with E-state index in [9.17, 15) is 0 Å². The van der Waals surface area contributed by atoms with Crippen molar-refractivity contribution in [3.63, 3.8) is 0 Å². The molecule has 1 N–H and O–H groups in total. The number of benzene rings is 1. The Labute approximate surface area is 120 Å². The molecule has 1 heterocycles. The van der Waals surface area contributed by atoms with E-state index >= 15 is 0 Å². The molecule has 1 fully saturated rings. The Hall–Kier alpha value is -0.610. The molecule has 0 aromatic heterocycles. The van der Waals surface area contributed by atoms with Gasteiger partial charge >= 0.3 is 0 Å². The fourth-order valence-electron chi connectivity index (χ4n) is 2.51. The van der Waals surface area contributed by atoms with Crippen LogP contribution in [-0.4, -0.2) is 40.0 Å². The standard InChI is InChI=1S/C15H22ClNO2/c1-18-9-10-19-8-2-7-15(11-17-12-15)13-3-5-14(16)6-4-13/h3-6,17H,2,7-12H2,1H3. The van der Waals surface area contributed by atoms with E-state index in [0.717, 1.165) is 37.6 Å². The third-order valence-corrected chi connectivity index (χ3v) is 4.01. The Morgan fingerprint density at radius 1 is 1.16 bits per heavy atom. The molecule has 4 heteroatoms. The van der Waals surface area contributed by atoms with Crippen molar-refractivity contribution in [2.75, 3.05) is 40.0 Å². The summed E-state index contributed by atoms with van der Waals surface area (Å²) in [5, 5.41) is 4.18. The molecule has 1 aromatic carbocycles. The van der Waals surface area contributed by atoms with Gasteiger partial charge in [0.05, 0.1) is 13.2 Å². The smallest absolute Gasteiger partial charge is 0.0700 e. The van der Waals surface area contributed by atoms with Crippen molar-refractivity contribution in [2.24, 2.45) is 0 Å². The van der Waals surface area contributed by atoms with Crippen LogP contribution in [0.1, 0.15) is 18.4 Å². The highest BCUT2D eigenvalue weighted by molar-refractivity contribution is 6.30. The minimum atomic E-state index is 0.273. The zero-order valence-corrected chi connectivity index (χ0v) is 12.2. The van der Waals surface area contributed by atoms with Crippen LogP contribution in [0.5, 0.6) is 0 Å². The molecule has 0 bridgehead atoms. The molecule has 0 amide bonds. The third-order valence-electron chi connectivity index (χ3n) is 3.76. The molecule has 0 unspecified atom stereocenters. The Bertz CT molecular complexity index is 376. The Morgan fingerprint density at radius 3 is 2.47 bits per heavy atom. The van der Waals surface area contributed by atoms with Crippen LogP contribution in [0.25, 0.3) is 0 Å². The van der Waals surface area contributed by atoms with Gasteiger partial charge in [0, 0.05) is 37.2 Å². The van der Waals surface area contributed by atoms with Crippen molar-refractivity contribution in [3.8, 4) is 0 Å². The van der Waals surface area contributed by atoms with Crippen molar-refractivity contribution in [3.05, 3.63) is 34.9 Å². The molecule has 3 nitrogen and oxygen atoms in total. The normalized spacial score (nSPS) is 17.2. The van der Waals surface area contributed by atoms with Gasteiger partial charge in [0.25, 0.3) is 0 Å². The van der Waals surface area contributed by atoms with Crippen LogP contribution in [0.4, 0.5) is 0 Å². The van der Waals surface area contributed by atoms with Gasteiger partial charge in [-0.25, -0.2) is 0 Å². The first-order valence-electron chi connectivity index (χ1n) is 6.80. The van der Waals surface area contributed by atoms with E-state index in [4.69, 9.17) is 21.1 Å². The molecule has 0 saturated carbocycles. The fourth-order valence-corrected chi connectivity index (χ4v) is 2.64. The highest BCUT2D eigenvalue weighted by Crippen LogP contribution is 2.34. The monoisotopic (exact) mass is 283 g/mol. The molecule has 0 radical (unpaired) electrons. The van der Waals surface area contributed by atoms with Crippen LogP contribution < -0.4 is 5.32 Å². The molecule has 0 spiro atoms. The van der Waals surface area contributed by atoms with Gasteiger partial charge in [-0.15, -0.1) is 0 Å². The second-order valence-electron chi connectivity index (χ2n) is 5.10. The maximum Gasteiger partial charge on any atom is 0.0700 e. The van der Waals surface area contributed by atoms with Crippen molar-refractivity contribution in [2.45, 2.75) is 18.3 Å². The summed E-state index contributed by atoms with van der Waals surface area (Å²) in [4.78, 5) is 0. The van der Waals surface area contributed by atoms with Crippen LogP contribution in [0.15, 0.2) is 24.3 Å². The lowest BCUT2D eigenvalue weighted by Gasteiger charge is -2.43. The first-order valence-corrected chi connectivity index (χ1v) is 7.18. The lowest BCUT2D eigenvalue weighted by molar-refractivity contribution is 0.0644. The maximum atomic E-state index is 5.95. The van der Waals surface area contributed by atoms with Crippen molar-refractivity contribution in [1.29, 1.82) is 0 Å². The summed E-state index contributed by atoms with van der Waals surface area (Å²) >= 11 is 5.95. The molecule has 0 atom stereocenters. The molecule has 1 aliphatic rings. The number of halogens is 1. The van der Waals surface area contributed by atoms with Crippen LogP contribution in [0.2, 0.25) is 5.02 Å². The molecule has 19 heavy (non-hydrogen) atoms. The van der Waals surface area contributed by atoms with E-state index in [1.165, 1.54) is 5.56 Å². The zero-order chi connectivity index (χ0) is 13.6. The SMILES string of the molecule is COCCOCCCC1(c2ccc(Cl)cc2)CNC1. The number of hydrogen-bond acceptors (Lipinski definition) is 3. The van der Waals surface area contributed by atoms with Gasteiger partial charge in [-0.3, -0.25) is 0 Å². The molecule has 106 valence electrons. The van der Waals surface area contributed by atoms with Crippen LogP contribution in [0, 0.1) is 0 Å². The molecule has 2 rings (SSSR count). The number of hydrogen-bond donors (Lipinski definition) is 1. The van der Waals surface area contributed by atoms with E-state index in [1.54, 1.807) is 7.11 Å². The van der Waals surface area contributed by atoms with Crippen LogP contribution in [-0.2, 0) is 14.9 Å². The van der Waals surface area contributed by atoms with Gasteiger partial charge in [0.2, 0.25) is 0 Å². The van der Waals surface area contributed by atoms with E-state index in [0.29, 0.717) is 13.2 Å². The van der Waals surface area contributed by atoms with Gasteiger partial charge < -0.3 is 14.8 Å². The average Bonchev–Trinajstić information content (AvgIpc) is 2.38. The highest BCUT2D eigenvalue weighted by atomic mass is 35.5. The average molecular weight is 284 g/mol. The summed E-state index contributed by atoms with van der Waals surface area (Å²) in [6.45, 7) is 4.25. The van der Waals surface area contributed by atoms with Crippen molar-refractivity contribution in [1.82, 2.24) is 5.32 Å². The van der Waals surface area contributed by atoms with Gasteiger partial charge in [-0.05, 0) is 30.5 Å². The number of ether oxygens (including phenoxy) is 2. The second kappa shape index (κ2) is 7.25. The maximum absolute atomic E-state index is 5.95. The van der Waals surface area contributed by atoms with Crippen LogP contribution >= 0.6 is 11.6 Å². The summed E-state index contributed by atoms with van der Waals surface area (Å²) < 4.78 is 10.5. The summed E-state index contributed by atoms with van der Waals surface area (Å²) in [7, 11) is 1.69.